The molecule has 16 rings (SSSR count). The van der Waals surface area contributed by atoms with Crippen LogP contribution in [0.2, 0.25) is 20.1 Å². The number of alkyl halides is 3. The van der Waals surface area contributed by atoms with E-state index in [9.17, 15) is 40.8 Å². The molecule has 5 aromatic carbocycles. The van der Waals surface area contributed by atoms with E-state index in [2.05, 4.69) is 107 Å². The molecule has 0 radical (unpaired) electrons. The number of nitrogens with two attached hydrogens (primary N) is 1. The molecular formula is C85H109BCl4F3N11O17S6. The SMILES string of the molecule is CC(C)(C)OC(=O)N1CCOCC1C=O.CC(C)(C)OC(=O)N1CCOCC1c1nc2cc(Cl)ccc2s1.CN1CCOCC1c1nc2cc(B3OC(C)(C)C(C)(C)O3)ccc2s1.CN1CCOCC1c1nc2cc(Cl)ccc2s1.C[C@H]1CC=C(OS(=O)(=O)C(F)(F)F)N(C(=O)OC(C)(C)C)C1.Clc1ccc2sc(C3COCCN3)nc2c1.Nc1cc(Cl)ccc1S. The number of thiol groups is 1. The van der Waals surface area contributed by atoms with Gasteiger partial charge in [-0.3, -0.25) is 19.6 Å². The summed E-state index contributed by atoms with van der Waals surface area (Å²) in [6.07, 6.45) is 0.362. The van der Waals surface area contributed by atoms with Crippen LogP contribution < -0.4 is 16.5 Å². The normalized spacial score (nSPS) is 21.2. The average molecular weight is 1960 g/mol. The van der Waals surface area contributed by atoms with Gasteiger partial charge in [-0.15, -0.1) is 58.0 Å². The van der Waals surface area contributed by atoms with Crippen molar-refractivity contribution in [2.75, 3.05) is 125 Å². The summed E-state index contributed by atoms with van der Waals surface area (Å²) < 4.78 is 123. The van der Waals surface area contributed by atoms with Crippen molar-refractivity contribution in [3.63, 3.8) is 0 Å². The molecule has 7 aliphatic rings. The molecular weight excluding hydrogens is 1850 g/mol. The lowest BCUT2D eigenvalue weighted by Crippen LogP contribution is -2.51. The summed E-state index contributed by atoms with van der Waals surface area (Å²) in [4.78, 5) is 74.9. The molecule has 7 aliphatic heterocycles. The number of carbonyl (C=O) groups excluding carboxylic acids is 4. The highest BCUT2D eigenvalue weighted by Gasteiger charge is 2.53. The first-order valence-electron chi connectivity index (χ1n) is 40.9. The third-order valence-electron chi connectivity index (χ3n) is 20.2. The predicted octanol–water partition coefficient (Wildman–Crippen LogP) is 18.4. The predicted molar refractivity (Wildman–Crippen MR) is 497 cm³/mol. The van der Waals surface area contributed by atoms with E-state index in [4.69, 9.17) is 104 Å². The molecule has 0 aliphatic carbocycles. The van der Waals surface area contributed by atoms with E-state index in [1.807, 2.05) is 75.4 Å². The van der Waals surface area contributed by atoms with Gasteiger partial charge in [0.2, 0.25) is 5.88 Å². The molecule has 11 heterocycles. The standard InChI is InChI=1S/C18H25BN2O3S.C16H19ClN2O3S.C12H13ClN2OS.C12H18F3NO5S.C11H11ClN2OS.C10H17NO4.C6H6ClNS/c1-17(2)18(3,4)24-19(23-17)12-6-7-15-13(10-12)20-16(25-15)14-11-22-9-8-21(14)5;1-16(2,3)22-15(20)19-6-7-21-9-12(19)14-18-11-8-10(17)4-5-13(11)23-14;1-15-4-5-16-7-10(15)12-14-9-6-8(13)2-3-11(9)17-12;1-8-5-6-9(21-22(18,19)12(13,14)15)16(7-8)10(17)20-11(2,3)4;12-7-1-2-10-8(5-7)14-11(16-10)9-6-15-4-3-13-9;1-10(2,3)15-9(13)11-4-5-14-7-8(11)6-12;7-4-1-2-6(9)5(8)3-4/h6-7,10,14H,8-9,11H2,1-5H3;4-5,8,12H,6-7,9H2,1-3H3;2-3,6,10H,4-5,7H2,1H3;6,8H,5,7H2,1-4H3;1-2,5,9,13H,3-4,6H2;6,8H,4-5,7H2,1-3H3;1-3,9H,8H2/t;;;8-;;;/m...0.../s1. The summed E-state index contributed by atoms with van der Waals surface area (Å²) in [5, 5.41) is 10.3. The van der Waals surface area contributed by atoms with Crippen LogP contribution in [0.25, 0.3) is 40.9 Å². The number of nitrogens with one attached hydrogen (secondary N) is 1. The second-order valence-corrected chi connectivity index (χ2v) is 42.5. The Hall–Kier alpha value is -6.61. The molecule has 6 atom stereocenters. The fourth-order valence-corrected chi connectivity index (χ4v) is 18.3. The number of hydrogen-bond donors (Lipinski definition) is 3. The van der Waals surface area contributed by atoms with E-state index in [0.29, 0.717) is 68.1 Å². The number of fused-ring (bicyclic) bond motifs is 4. The maximum atomic E-state index is 12.5. The van der Waals surface area contributed by atoms with E-state index < -0.39 is 56.5 Å². The molecule has 9 aromatic rings. The summed E-state index contributed by atoms with van der Waals surface area (Å²) in [6.45, 7) is 35.6. The van der Waals surface area contributed by atoms with Crippen LogP contribution in [0, 0.1) is 5.92 Å². The summed E-state index contributed by atoms with van der Waals surface area (Å²) in [6, 6.07) is 28.8. The van der Waals surface area contributed by atoms with Crippen molar-refractivity contribution in [3.05, 3.63) is 143 Å². The number of anilines is 1. The van der Waals surface area contributed by atoms with Gasteiger partial charge in [0.05, 0.1) is 136 Å². The zero-order valence-corrected chi connectivity index (χ0v) is 81.6. The summed E-state index contributed by atoms with van der Waals surface area (Å²) in [5.41, 5.74) is 2.72. The van der Waals surface area contributed by atoms with E-state index in [-0.39, 0.29) is 74.1 Å². The molecule has 0 bridgehead atoms. The number of aldehydes is 1. The molecule has 6 saturated heterocycles. The zero-order chi connectivity index (χ0) is 92.9. The largest absolute Gasteiger partial charge is 0.534 e. The first kappa shape index (κ1) is 103. The van der Waals surface area contributed by atoms with Crippen LogP contribution in [0.4, 0.5) is 33.2 Å². The summed E-state index contributed by atoms with van der Waals surface area (Å²) >= 11 is 34.3. The molecule has 42 heteroatoms. The minimum absolute atomic E-state index is 0.00583. The number of hydrogen-bond acceptors (Lipinski definition) is 30. The molecule has 3 amide bonds. The van der Waals surface area contributed by atoms with Crippen LogP contribution >= 0.6 is 104 Å². The van der Waals surface area contributed by atoms with E-state index in [1.165, 1.54) is 19.0 Å². The van der Waals surface area contributed by atoms with Gasteiger partial charge >= 0.3 is 41.0 Å². The quantitative estimate of drug-likeness (QED) is 0.0242. The van der Waals surface area contributed by atoms with Crippen LogP contribution in [0.5, 0.6) is 0 Å². The zero-order valence-electron chi connectivity index (χ0n) is 73.6. The lowest BCUT2D eigenvalue weighted by atomic mass is 9.79. The van der Waals surface area contributed by atoms with E-state index in [0.717, 1.165) is 124 Å². The van der Waals surface area contributed by atoms with Crippen molar-refractivity contribution in [1.29, 1.82) is 0 Å². The number of rotatable bonds is 8. The first-order chi connectivity index (χ1) is 59.5. The molecule has 0 saturated carbocycles. The number of allylic oxidation sites excluding steroid dienone is 1. The lowest BCUT2D eigenvalue weighted by molar-refractivity contribution is -0.118. The van der Waals surface area contributed by atoms with Crippen molar-refractivity contribution in [2.24, 2.45) is 5.92 Å². The van der Waals surface area contributed by atoms with Crippen molar-refractivity contribution >= 4 is 198 Å². The number of aromatic nitrogens is 4. The number of morpholine rings is 5. The Morgan fingerprint density at radius 2 is 0.961 bits per heavy atom. The Bertz CT molecular complexity index is 5380. The maximum absolute atomic E-state index is 12.5. The van der Waals surface area contributed by atoms with Gasteiger partial charge in [-0.25, -0.2) is 39.2 Å². The van der Waals surface area contributed by atoms with Gasteiger partial charge < -0.3 is 67.2 Å². The maximum Gasteiger partial charge on any atom is 0.534 e. The summed E-state index contributed by atoms with van der Waals surface area (Å²) in [5.74, 6) is -0.766. The van der Waals surface area contributed by atoms with Crippen LogP contribution in [0.15, 0.2) is 108 Å². The lowest BCUT2D eigenvalue weighted by Gasteiger charge is -2.35. The third-order valence-corrected chi connectivity index (χ3v) is 27.0. The Morgan fingerprint density at radius 3 is 1.41 bits per heavy atom. The van der Waals surface area contributed by atoms with Crippen molar-refractivity contribution < 1.29 is 92.2 Å². The second kappa shape index (κ2) is 44.3. The number of thiazole rings is 4. The Kier molecular flexibility index (Phi) is 35.7. The fraction of sp³-hybridized carbons (Fsp3) is 0.529. The highest BCUT2D eigenvalue weighted by Crippen LogP contribution is 2.40. The van der Waals surface area contributed by atoms with Gasteiger partial charge in [0.25, 0.3) is 0 Å². The molecule has 4 aromatic heterocycles. The molecule has 0 spiro atoms. The van der Waals surface area contributed by atoms with Crippen LogP contribution in [-0.2, 0) is 66.3 Å². The molecule has 5 unspecified atom stereocenters. The smallest absolute Gasteiger partial charge is 0.444 e. The Labute approximate surface area is 780 Å². The monoisotopic (exact) mass is 1960 g/mol. The van der Waals surface area contributed by atoms with Crippen LogP contribution in [0.3, 0.4) is 0 Å². The molecule has 127 heavy (non-hydrogen) atoms. The van der Waals surface area contributed by atoms with E-state index >= 15 is 0 Å². The number of halogens is 7. The number of benzene rings is 5. The number of ether oxygens (including phenoxy) is 8. The van der Waals surface area contributed by atoms with Crippen LogP contribution in [0.1, 0.15) is 148 Å². The topological polar surface area (TPSA) is 310 Å². The number of nitrogens with zero attached hydrogens (tertiary/aromatic N) is 9. The Morgan fingerprint density at radius 1 is 0.559 bits per heavy atom. The second-order valence-electron chi connectivity index (χ2n) is 34.5. The Balaban J connectivity index is 0.000000157. The number of amides is 3. The fourth-order valence-electron chi connectivity index (χ4n) is 12.8. The highest BCUT2D eigenvalue weighted by atomic mass is 35.5. The summed E-state index contributed by atoms with van der Waals surface area (Å²) in [7, 11) is -1.94. The average Bonchev–Trinajstić information content (AvgIpc) is 1.59. The number of carbonyl (C=O) groups is 4. The number of nitrogen functional groups attached to an aromatic ring is 1. The van der Waals surface area contributed by atoms with Gasteiger partial charge in [0.15, 0.2) is 0 Å². The molecule has 3 N–H and O–H groups in total. The third kappa shape index (κ3) is 29.2. The highest BCUT2D eigenvalue weighted by molar-refractivity contribution is 7.87. The van der Waals surface area contributed by atoms with Gasteiger partial charge in [0, 0.05) is 69.9 Å². The number of likely N-dealkylation sites (N-methyl/N-ethyl adjacent to an activating group) is 2. The minimum Gasteiger partial charge on any atom is -0.444 e. The van der Waals surface area contributed by atoms with Gasteiger partial charge in [-0.05, 0) is 213 Å². The van der Waals surface area contributed by atoms with Crippen molar-refractivity contribution in [3.8, 4) is 0 Å². The van der Waals surface area contributed by atoms with Crippen molar-refractivity contribution in [2.45, 2.75) is 172 Å². The van der Waals surface area contributed by atoms with Crippen molar-refractivity contribution in [1.82, 2.24) is 49.8 Å². The van der Waals surface area contributed by atoms with Gasteiger partial charge in [0.1, 0.15) is 55.2 Å². The van der Waals surface area contributed by atoms with Gasteiger partial charge in [-0.2, -0.15) is 21.6 Å². The molecule has 694 valence electrons. The van der Waals surface area contributed by atoms with E-state index in [1.54, 1.807) is 117 Å². The minimum atomic E-state index is -5.84. The first-order valence-corrected chi connectivity index (χ1v) is 47.5. The van der Waals surface area contributed by atoms with Crippen LogP contribution in [-0.4, -0.2) is 244 Å². The van der Waals surface area contributed by atoms with Gasteiger partial charge in [-0.1, -0.05) is 59.4 Å². The molecule has 6 fully saturated rings. The molecule has 28 nitrogen and oxygen atoms in total.